The SMILES string of the molecule is CC(C)n1cnc2c(Nc3cccc(N)c3)nc(F)nc21. The van der Waals surface area contributed by atoms with Crippen LogP contribution in [0.2, 0.25) is 0 Å². The first-order valence-corrected chi connectivity index (χ1v) is 6.57. The summed E-state index contributed by atoms with van der Waals surface area (Å²) in [6.45, 7) is 3.96. The predicted octanol–water partition coefficient (Wildman–Crippen LogP) is 2.87. The first kappa shape index (κ1) is 13.3. The summed E-state index contributed by atoms with van der Waals surface area (Å²) in [5, 5.41) is 3.03. The molecule has 2 heterocycles. The Hall–Kier alpha value is -2.70. The number of hydrogen-bond donors (Lipinski definition) is 2. The van der Waals surface area contributed by atoms with E-state index in [9.17, 15) is 4.39 Å². The highest BCUT2D eigenvalue weighted by molar-refractivity contribution is 5.85. The van der Waals surface area contributed by atoms with Gasteiger partial charge in [0, 0.05) is 17.4 Å². The zero-order valence-electron chi connectivity index (χ0n) is 11.7. The van der Waals surface area contributed by atoms with Crippen molar-refractivity contribution in [1.82, 2.24) is 19.5 Å². The number of aromatic nitrogens is 4. The predicted molar refractivity (Wildman–Crippen MR) is 79.8 cm³/mol. The molecule has 0 aliphatic heterocycles. The van der Waals surface area contributed by atoms with Gasteiger partial charge in [-0.3, -0.25) is 0 Å². The molecule has 1 aromatic carbocycles. The Morgan fingerprint density at radius 1 is 1.29 bits per heavy atom. The highest BCUT2D eigenvalue weighted by Gasteiger charge is 2.14. The van der Waals surface area contributed by atoms with Gasteiger partial charge in [0.05, 0.1) is 6.33 Å². The van der Waals surface area contributed by atoms with Crippen LogP contribution in [0.5, 0.6) is 0 Å². The molecule has 0 saturated carbocycles. The monoisotopic (exact) mass is 286 g/mol. The number of hydrogen-bond acceptors (Lipinski definition) is 5. The fraction of sp³-hybridized carbons (Fsp3) is 0.214. The Labute approximate surface area is 120 Å². The molecule has 0 saturated heterocycles. The molecule has 3 N–H and O–H groups in total. The summed E-state index contributed by atoms with van der Waals surface area (Å²) in [4.78, 5) is 11.9. The minimum absolute atomic E-state index is 0.129. The van der Waals surface area contributed by atoms with Crippen molar-refractivity contribution in [2.75, 3.05) is 11.1 Å². The normalized spacial score (nSPS) is 11.2. The molecule has 0 radical (unpaired) electrons. The van der Waals surface area contributed by atoms with Gasteiger partial charge in [0.2, 0.25) is 0 Å². The number of nitrogens with one attached hydrogen (secondary N) is 1. The van der Waals surface area contributed by atoms with Crippen LogP contribution in [0.4, 0.5) is 21.6 Å². The van der Waals surface area contributed by atoms with E-state index >= 15 is 0 Å². The number of halogens is 1. The van der Waals surface area contributed by atoms with E-state index in [1.807, 2.05) is 19.9 Å². The molecule has 0 fully saturated rings. The zero-order valence-corrected chi connectivity index (χ0v) is 11.7. The number of rotatable bonds is 3. The van der Waals surface area contributed by atoms with Crippen molar-refractivity contribution in [3.63, 3.8) is 0 Å². The van der Waals surface area contributed by atoms with Gasteiger partial charge in [0.1, 0.15) is 0 Å². The van der Waals surface area contributed by atoms with E-state index in [-0.39, 0.29) is 6.04 Å². The van der Waals surface area contributed by atoms with Crippen molar-refractivity contribution >= 4 is 28.4 Å². The van der Waals surface area contributed by atoms with Gasteiger partial charge in [-0.15, -0.1) is 0 Å². The second kappa shape index (κ2) is 5.01. The summed E-state index contributed by atoms with van der Waals surface area (Å²) in [5.41, 5.74) is 8.04. The van der Waals surface area contributed by atoms with E-state index < -0.39 is 6.08 Å². The third kappa shape index (κ3) is 2.49. The van der Waals surface area contributed by atoms with E-state index in [0.29, 0.717) is 28.4 Å². The summed E-state index contributed by atoms with van der Waals surface area (Å²) in [6.07, 6.45) is 0.838. The molecule has 0 aliphatic rings. The molecule has 3 aromatic rings. The van der Waals surface area contributed by atoms with Gasteiger partial charge >= 0.3 is 6.08 Å². The summed E-state index contributed by atoms with van der Waals surface area (Å²) in [7, 11) is 0. The Kier molecular flexibility index (Phi) is 3.17. The highest BCUT2D eigenvalue weighted by atomic mass is 19.1. The number of nitrogens with two attached hydrogens (primary N) is 1. The molecule has 0 aliphatic carbocycles. The molecule has 0 spiro atoms. The van der Waals surface area contributed by atoms with Crippen molar-refractivity contribution in [2.24, 2.45) is 0 Å². The van der Waals surface area contributed by atoms with Crippen molar-refractivity contribution in [3.8, 4) is 0 Å². The first-order chi connectivity index (χ1) is 10.0. The standard InChI is InChI=1S/C14H15FN6/c1-8(2)21-7-17-11-12(19-14(15)20-13(11)21)18-10-5-3-4-9(16)6-10/h3-8H,16H2,1-2H3,(H,18,19,20). The van der Waals surface area contributed by atoms with Crippen LogP contribution in [0.1, 0.15) is 19.9 Å². The number of fused-ring (bicyclic) bond motifs is 1. The minimum atomic E-state index is -0.795. The van der Waals surface area contributed by atoms with E-state index in [1.165, 1.54) is 0 Å². The van der Waals surface area contributed by atoms with Gasteiger partial charge in [0.15, 0.2) is 17.0 Å². The maximum Gasteiger partial charge on any atom is 0.312 e. The Morgan fingerprint density at radius 2 is 2.10 bits per heavy atom. The summed E-state index contributed by atoms with van der Waals surface area (Å²) >= 11 is 0. The molecular formula is C14H15FN6. The van der Waals surface area contributed by atoms with Crippen LogP contribution in [-0.2, 0) is 0 Å². The average Bonchev–Trinajstić information content (AvgIpc) is 2.82. The maximum atomic E-state index is 13.7. The fourth-order valence-corrected chi connectivity index (χ4v) is 2.11. The van der Waals surface area contributed by atoms with Crippen LogP contribution < -0.4 is 11.1 Å². The second-order valence-electron chi connectivity index (χ2n) is 5.01. The number of nitrogens with zero attached hydrogens (tertiary/aromatic N) is 4. The first-order valence-electron chi connectivity index (χ1n) is 6.57. The van der Waals surface area contributed by atoms with Crippen LogP contribution in [0.3, 0.4) is 0 Å². The molecule has 0 amide bonds. The summed E-state index contributed by atoms with van der Waals surface area (Å²) in [5.74, 6) is 0.322. The summed E-state index contributed by atoms with van der Waals surface area (Å²) < 4.78 is 15.5. The van der Waals surface area contributed by atoms with Crippen molar-refractivity contribution in [2.45, 2.75) is 19.9 Å². The van der Waals surface area contributed by atoms with Gasteiger partial charge in [-0.2, -0.15) is 14.4 Å². The van der Waals surface area contributed by atoms with E-state index in [2.05, 4.69) is 20.3 Å². The molecule has 6 nitrogen and oxygen atoms in total. The molecule has 3 rings (SSSR count). The Morgan fingerprint density at radius 3 is 2.81 bits per heavy atom. The lowest BCUT2D eigenvalue weighted by Crippen LogP contribution is -2.04. The van der Waals surface area contributed by atoms with Crippen LogP contribution in [-0.4, -0.2) is 19.5 Å². The van der Waals surface area contributed by atoms with Gasteiger partial charge in [-0.25, -0.2) is 4.98 Å². The third-order valence-electron chi connectivity index (χ3n) is 3.10. The van der Waals surface area contributed by atoms with E-state index in [0.717, 1.165) is 0 Å². The minimum Gasteiger partial charge on any atom is -0.399 e. The van der Waals surface area contributed by atoms with Crippen LogP contribution >= 0.6 is 0 Å². The quantitative estimate of drug-likeness (QED) is 0.571. The molecule has 108 valence electrons. The number of imidazole rings is 1. The van der Waals surface area contributed by atoms with Gasteiger partial charge < -0.3 is 15.6 Å². The van der Waals surface area contributed by atoms with Gasteiger partial charge in [0.25, 0.3) is 0 Å². The zero-order chi connectivity index (χ0) is 15.0. The van der Waals surface area contributed by atoms with Gasteiger partial charge in [-0.05, 0) is 32.0 Å². The topological polar surface area (TPSA) is 81.7 Å². The lowest BCUT2D eigenvalue weighted by atomic mass is 10.3. The molecule has 0 atom stereocenters. The highest BCUT2D eigenvalue weighted by Crippen LogP contribution is 2.25. The van der Waals surface area contributed by atoms with Gasteiger partial charge in [-0.1, -0.05) is 6.07 Å². The van der Waals surface area contributed by atoms with E-state index in [1.54, 1.807) is 29.1 Å². The molecule has 0 unspecified atom stereocenters. The van der Waals surface area contributed by atoms with Crippen LogP contribution in [0.25, 0.3) is 11.2 Å². The second-order valence-corrected chi connectivity index (χ2v) is 5.01. The molecule has 21 heavy (non-hydrogen) atoms. The molecule has 7 heteroatoms. The third-order valence-corrected chi connectivity index (χ3v) is 3.10. The average molecular weight is 286 g/mol. The number of benzene rings is 1. The molecule has 0 bridgehead atoms. The number of anilines is 3. The number of nitrogen functional groups attached to an aromatic ring is 1. The van der Waals surface area contributed by atoms with Crippen molar-refractivity contribution < 1.29 is 4.39 Å². The van der Waals surface area contributed by atoms with Crippen LogP contribution in [0, 0.1) is 6.08 Å². The summed E-state index contributed by atoms with van der Waals surface area (Å²) in [6, 6.07) is 7.27. The van der Waals surface area contributed by atoms with E-state index in [4.69, 9.17) is 5.73 Å². The maximum absolute atomic E-state index is 13.7. The van der Waals surface area contributed by atoms with Crippen LogP contribution in [0.15, 0.2) is 30.6 Å². The lowest BCUT2D eigenvalue weighted by Gasteiger charge is -2.09. The lowest BCUT2D eigenvalue weighted by molar-refractivity contribution is 0.538. The Balaban J connectivity index is 2.10. The van der Waals surface area contributed by atoms with Crippen molar-refractivity contribution in [1.29, 1.82) is 0 Å². The fourth-order valence-electron chi connectivity index (χ4n) is 2.11. The smallest absolute Gasteiger partial charge is 0.312 e. The van der Waals surface area contributed by atoms with Crippen molar-refractivity contribution in [3.05, 3.63) is 36.7 Å². The molecular weight excluding hydrogens is 271 g/mol. The molecule has 2 aromatic heterocycles. The largest absolute Gasteiger partial charge is 0.399 e. The Bertz CT molecular complexity index is 795.